The molecule has 3 saturated heterocycles. The molecule has 1 aromatic heterocycles. The average Bonchev–Trinajstić information content (AvgIpc) is 2.86. The minimum atomic E-state index is 0.466. The zero-order valence-electron chi connectivity index (χ0n) is 12.9. The van der Waals surface area contributed by atoms with Crippen molar-refractivity contribution in [2.24, 2.45) is 5.92 Å². The zero-order chi connectivity index (χ0) is 14.4. The Balaban J connectivity index is 1.56. The van der Waals surface area contributed by atoms with Crippen LogP contribution in [0.25, 0.3) is 10.1 Å². The Morgan fingerprint density at radius 2 is 2.00 bits per heavy atom. The predicted octanol–water partition coefficient (Wildman–Crippen LogP) is 3.95. The average molecular weight is 300 g/mol. The first kappa shape index (κ1) is 13.7. The number of nitrogens with one attached hydrogen (secondary N) is 1. The second-order valence-corrected chi connectivity index (χ2v) is 7.80. The van der Waals surface area contributed by atoms with Crippen LogP contribution in [0.15, 0.2) is 24.3 Å². The Hall–Kier alpha value is -0.900. The van der Waals surface area contributed by atoms with E-state index in [1.54, 1.807) is 0 Å². The number of fused-ring (bicyclic) bond motifs is 4. The first-order chi connectivity index (χ1) is 10.2. The van der Waals surface area contributed by atoms with Crippen LogP contribution in [0.1, 0.15) is 36.2 Å². The number of piperidine rings is 3. The van der Waals surface area contributed by atoms with Crippen molar-refractivity contribution in [3.8, 4) is 0 Å². The van der Waals surface area contributed by atoms with Crippen LogP contribution in [0, 0.1) is 12.8 Å². The minimum Gasteiger partial charge on any atom is -0.305 e. The lowest BCUT2D eigenvalue weighted by molar-refractivity contribution is 0.0682. The monoisotopic (exact) mass is 300 g/mol. The van der Waals surface area contributed by atoms with Gasteiger partial charge in [0, 0.05) is 28.2 Å². The fourth-order valence-electron chi connectivity index (χ4n) is 4.16. The Bertz CT molecular complexity index is 640. The number of hydrogen-bond donors (Lipinski definition) is 1. The van der Waals surface area contributed by atoms with Gasteiger partial charge in [0.05, 0.1) is 0 Å². The molecular weight excluding hydrogens is 276 g/mol. The third-order valence-corrected chi connectivity index (χ3v) is 6.85. The molecule has 0 saturated carbocycles. The van der Waals surface area contributed by atoms with Crippen molar-refractivity contribution in [2.75, 3.05) is 19.6 Å². The fourth-order valence-corrected chi connectivity index (χ4v) is 5.38. The van der Waals surface area contributed by atoms with Gasteiger partial charge in [0.25, 0.3) is 0 Å². The highest BCUT2D eigenvalue weighted by molar-refractivity contribution is 7.19. The maximum Gasteiger partial charge on any atom is 0.0391 e. The number of thiophene rings is 1. The largest absolute Gasteiger partial charge is 0.305 e. The van der Waals surface area contributed by atoms with Gasteiger partial charge in [-0.15, -0.1) is 11.3 Å². The molecule has 2 atom stereocenters. The Morgan fingerprint density at radius 3 is 2.67 bits per heavy atom. The van der Waals surface area contributed by atoms with Gasteiger partial charge >= 0.3 is 0 Å². The van der Waals surface area contributed by atoms with Gasteiger partial charge in [0.2, 0.25) is 0 Å². The highest BCUT2D eigenvalue weighted by Crippen LogP contribution is 2.36. The van der Waals surface area contributed by atoms with E-state index in [2.05, 4.69) is 48.3 Å². The SMILES string of the molecule is Cc1c(C(C)NC2CN3CCC2CC3)sc2ccccc12. The highest BCUT2D eigenvalue weighted by Gasteiger charge is 2.34. The summed E-state index contributed by atoms with van der Waals surface area (Å²) in [6.45, 7) is 8.51. The molecule has 2 unspecified atom stereocenters. The molecule has 2 nitrogen and oxygen atoms in total. The van der Waals surface area contributed by atoms with E-state index >= 15 is 0 Å². The molecule has 2 bridgehead atoms. The van der Waals surface area contributed by atoms with Crippen LogP contribution in [0.2, 0.25) is 0 Å². The van der Waals surface area contributed by atoms with Gasteiger partial charge < -0.3 is 10.2 Å². The van der Waals surface area contributed by atoms with E-state index in [1.807, 2.05) is 11.3 Å². The van der Waals surface area contributed by atoms with Gasteiger partial charge in [-0.25, -0.2) is 0 Å². The number of benzene rings is 1. The van der Waals surface area contributed by atoms with Crippen molar-refractivity contribution in [3.05, 3.63) is 34.7 Å². The maximum absolute atomic E-state index is 3.94. The molecule has 0 radical (unpaired) electrons. The van der Waals surface area contributed by atoms with Crippen LogP contribution >= 0.6 is 11.3 Å². The highest BCUT2D eigenvalue weighted by atomic mass is 32.1. The molecule has 112 valence electrons. The minimum absolute atomic E-state index is 0.466. The Kier molecular flexibility index (Phi) is 3.52. The summed E-state index contributed by atoms with van der Waals surface area (Å²) in [6, 6.07) is 9.95. The summed E-state index contributed by atoms with van der Waals surface area (Å²) in [5.41, 5.74) is 1.47. The summed E-state index contributed by atoms with van der Waals surface area (Å²) in [5.74, 6) is 0.895. The molecule has 3 heteroatoms. The molecule has 0 aliphatic carbocycles. The number of rotatable bonds is 3. The number of hydrogen-bond acceptors (Lipinski definition) is 3. The zero-order valence-corrected chi connectivity index (χ0v) is 13.7. The fraction of sp³-hybridized carbons (Fsp3) is 0.556. The number of nitrogens with zero attached hydrogens (tertiary/aromatic N) is 1. The van der Waals surface area contributed by atoms with Crippen molar-refractivity contribution in [2.45, 2.75) is 38.8 Å². The van der Waals surface area contributed by atoms with Crippen molar-refractivity contribution < 1.29 is 0 Å². The Morgan fingerprint density at radius 1 is 1.24 bits per heavy atom. The van der Waals surface area contributed by atoms with E-state index in [0.29, 0.717) is 12.1 Å². The summed E-state index contributed by atoms with van der Waals surface area (Å²) in [6.07, 6.45) is 2.77. The molecule has 1 N–H and O–H groups in total. The molecule has 3 aliphatic rings. The molecule has 21 heavy (non-hydrogen) atoms. The lowest BCUT2D eigenvalue weighted by Gasteiger charge is -2.46. The maximum atomic E-state index is 3.94. The van der Waals surface area contributed by atoms with Crippen LogP contribution < -0.4 is 5.32 Å². The van der Waals surface area contributed by atoms with Crippen molar-refractivity contribution in [1.29, 1.82) is 0 Å². The van der Waals surface area contributed by atoms with Crippen LogP contribution in [0.5, 0.6) is 0 Å². The first-order valence-corrected chi connectivity index (χ1v) is 9.00. The summed E-state index contributed by atoms with van der Waals surface area (Å²) in [5, 5.41) is 5.37. The second-order valence-electron chi connectivity index (χ2n) is 6.72. The van der Waals surface area contributed by atoms with Crippen LogP contribution in [0.3, 0.4) is 0 Å². The van der Waals surface area contributed by atoms with Crippen molar-refractivity contribution in [1.82, 2.24) is 10.2 Å². The van der Waals surface area contributed by atoms with Crippen LogP contribution in [-0.2, 0) is 0 Å². The van der Waals surface area contributed by atoms with E-state index in [1.165, 1.54) is 53.0 Å². The van der Waals surface area contributed by atoms with Gasteiger partial charge in [0.15, 0.2) is 0 Å². The third-order valence-electron chi connectivity index (χ3n) is 5.39. The molecular formula is C18H24N2S. The lowest BCUT2D eigenvalue weighted by atomic mass is 9.83. The molecule has 5 rings (SSSR count). The summed E-state index contributed by atoms with van der Waals surface area (Å²) >= 11 is 1.96. The van der Waals surface area contributed by atoms with Gasteiger partial charge in [-0.3, -0.25) is 0 Å². The van der Waals surface area contributed by atoms with E-state index in [9.17, 15) is 0 Å². The topological polar surface area (TPSA) is 15.3 Å². The molecule has 0 amide bonds. The molecule has 1 aromatic carbocycles. The summed E-state index contributed by atoms with van der Waals surface area (Å²) in [4.78, 5) is 4.15. The van der Waals surface area contributed by atoms with E-state index in [0.717, 1.165) is 5.92 Å². The van der Waals surface area contributed by atoms with Crippen LogP contribution in [0.4, 0.5) is 0 Å². The summed E-state index contributed by atoms with van der Waals surface area (Å²) in [7, 11) is 0. The smallest absolute Gasteiger partial charge is 0.0391 e. The summed E-state index contributed by atoms with van der Waals surface area (Å²) < 4.78 is 1.42. The normalized spacial score (nSPS) is 29.9. The van der Waals surface area contributed by atoms with E-state index < -0.39 is 0 Å². The van der Waals surface area contributed by atoms with Crippen molar-refractivity contribution in [3.63, 3.8) is 0 Å². The first-order valence-electron chi connectivity index (χ1n) is 8.19. The predicted molar refractivity (Wildman–Crippen MR) is 91.1 cm³/mol. The molecule has 0 spiro atoms. The molecule has 3 fully saturated rings. The van der Waals surface area contributed by atoms with Gasteiger partial charge in [-0.05, 0) is 62.7 Å². The van der Waals surface area contributed by atoms with E-state index in [-0.39, 0.29) is 0 Å². The van der Waals surface area contributed by atoms with Gasteiger partial charge in [-0.2, -0.15) is 0 Å². The molecule has 2 aromatic rings. The van der Waals surface area contributed by atoms with E-state index in [4.69, 9.17) is 0 Å². The van der Waals surface area contributed by atoms with Gasteiger partial charge in [0.1, 0.15) is 0 Å². The Labute approximate surface area is 131 Å². The van der Waals surface area contributed by atoms with Crippen molar-refractivity contribution >= 4 is 21.4 Å². The van der Waals surface area contributed by atoms with Gasteiger partial charge in [-0.1, -0.05) is 18.2 Å². The number of aryl methyl sites for hydroxylation is 1. The molecule has 3 aliphatic heterocycles. The standard InChI is InChI=1S/C18H24N2S/c1-12-15-5-3-4-6-17(15)21-18(12)13(2)19-16-11-20-9-7-14(16)8-10-20/h3-6,13-14,16,19H,7-11H2,1-2H3. The third kappa shape index (κ3) is 2.41. The van der Waals surface area contributed by atoms with Crippen LogP contribution in [-0.4, -0.2) is 30.6 Å². The lowest BCUT2D eigenvalue weighted by Crippen LogP contribution is -2.56. The molecule has 4 heterocycles. The second kappa shape index (κ2) is 5.38. The quantitative estimate of drug-likeness (QED) is 0.923.